The second kappa shape index (κ2) is 9.43. The number of rotatable bonds is 9. The van der Waals surface area contributed by atoms with Gasteiger partial charge in [-0.3, -0.25) is 4.90 Å². The number of nitrogens with one attached hydrogen (secondary N) is 2. The van der Waals surface area contributed by atoms with E-state index in [9.17, 15) is 8.78 Å². The molecule has 0 amide bonds. The zero-order chi connectivity index (χ0) is 17.5. The number of anilines is 1. The Morgan fingerprint density at radius 2 is 2.12 bits per heavy atom. The quantitative estimate of drug-likeness (QED) is 0.670. The Morgan fingerprint density at radius 1 is 1.20 bits per heavy atom. The molecule has 1 saturated heterocycles. The molecule has 0 bridgehead atoms. The third-order valence-electron chi connectivity index (χ3n) is 5.25. The summed E-state index contributed by atoms with van der Waals surface area (Å²) in [6, 6.07) is 4.61. The molecule has 2 aliphatic rings. The number of nitrogens with zero attached hydrogens (tertiary/aromatic N) is 2. The molecule has 25 heavy (non-hydrogen) atoms. The molecule has 0 radical (unpaired) electrons. The number of alkyl halides is 2. The third-order valence-corrected chi connectivity index (χ3v) is 5.25. The van der Waals surface area contributed by atoms with E-state index in [1.807, 2.05) is 4.90 Å². The smallest absolute Gasteiger partial charge is 0.251 e. The normalized spacial score (nSPS) is 20.1. The molecule has 0 saturated carbocycles. The van der Waals surface area contributed by atoms with Crippen molar-refractivity contribution in [3.05, 3.63) is 23.4 Å². The Morgan fingerprint density at radius 3 is 2.92 bits per heavy atom. The molecule has 1 aromatic heterocycles. The summed E-state index contributed by atoms with van der Waals surface area (Å²) in [7, 11) is 0. The fourth-order valence-corrected chi connectivity index (χ4v) is 3.86. The fraction of sp³-hybridized carbons (Fsp3) is 0.737. The molecule has 3 heterocycles. The van der Waals surface area contributed by atoms with Gasteiger partial charge in [-0.25, -0.2) is 13.8 Å². The summed E-state index contributed by atoms with van der Waals surface area (Å²) in [6.07, 6.45) is 5.11. The molecule has 0 unspecified atom stereocenters. The van der Waals surface area contributed by atoms with Gasteiger partial charge in [0.2, 0.25) is 0 Å². The molecule has 1 aromatic rings. The minimum atomic E-state index is -2.24. The summed E-state index contributed by atoms with van der Waals surface area (Å²) in [4.78, 5) is 6.70. The highest BCUT2D eigenvalue weighted by Gasteiger charge is 2.24. The van der Waals surface area contributed by atoms with Gasteiger partial charge in [0.05, 0.1) is 6.54 Å². The van der Waals surface area contributed by atoms with Gasteiger partial charge < -0.3 is 10.6 Å². The minimum absolute atomic E-state index is 0.0929. The van der Waals surface area contributed by atoms with E-state index in [0.717, 1.165) is 76.2 Å². The lowest BCUT2D eigenvalue weighted by molar-refractivity contribution is 0.0684. The van der Waals surface area contributed by atoms with Crippen molar-refractivity contribution in [2.75, 3.05) is 38.0 Å². The predicted octanol–water partition coefficient (Wildman–Crippen LogP) is 3.08. The first-order chi connectivity index (χ1) is 12.2. The molecule has 1 atom stereocenters. The van der Waals surface area contributed by atoms with Crippen LogP contribution in [-0.2, 0) is 12.8 Å². The SMILES string of the molecule is FC(F)CN(CCCCCc1ccc2c(n1)NCCC2)[C@@H]1CCNC1. The van der Waals surface area contributed by atoms with Gasteiger partial charge in [0.1, 0.15) is 5.82 Å². The minimum Gasteiger partial charge on any atom is -0.370 e. The van der Waals surface area contributed by atoms with E-state index in [2.05, 4.69) is 22.8 Å². The van der Waals surface area contributed by atoms with Crippen molar-refractivity contribution >= 4 is 5.82 Å². The van der Waals surface area contributed by atoms with Crippen molar-refractivity contribution in [1.29, 1.82) is 0 Å². The highest BCUT2D eigenvalue weighted by atomic mass is 19.3. The highest BCUT2D eigenvalue weighted by Crippen LogP contribution is 2.20. The molecular formula is C19H30F2N4. The van der Waals surface area contributed by atoms with E-state index >= 15 is 0 Å². The second-order valence-corrected chi connectivity index (χ2v) is 7.18. The van der Waals surface area contributed by atoms with Crippen LogP contribution in [0.1, 0.15) is 43.4 Å². The third kappa shape index (κ3) is 5.61. The molecule has 4 nitrogen and oxygen atoms in total. The van der Waals surface area contributed by atoms with Crippen LogP contribution in [0.4, 0.5) is 14.6 Å². The second-order valence-electron chi connectivity index (χ2n) is 7.18. The van der Waals surface area contributed by atoms with Crippen LogP contribution >= 0.6 is 0 Å². The van der Waals surface area contributed by atoms with Gasteiger partial charge in [-0.15, -0.1) is 0 Å². The van der Waals surface area contributed by atoms with E-state index in [-0.39, 0.29) is 12.6 Å². The number of unbranched alkanes of at least 4 members (excludes halogenated alkanes) is 2. The average Bonchev–Trinajstić information content (AvgIpc) is 3.14. The first-order valence-electron chi connectivity index (χ1n) is 9.68. The topological polar surface area (TPSA) is 40.2 Å². The molecule has 6 heteroatoms. The molecule has 140 valence electrons. The van der Waals surface area contributed by atoms with Crippen LogP contribution in [0.5, 0.6) is 0 Å². The van der Waals surface area contributed by atoms with Crippen LogP contribution in [0.25, 0.3) is 0 Å². The monoisotopic (exact) mass is 352 g/mol. The van der Waals surface area contributed by atoms with Crippen LogP contribution in [0.2, 0.25) is 0 Å². The van der Waals surface area contributed by atoms with Gasteiger partial charge in [0.15, 0.2) is 0 Å². The maximum atomic E-state index is 12.8. The average molecular weight is 352 g/mol. The summed E-state index contributed by atoms with van der Waals surface area (Å²) < 4.78 is 25.6. The zero-order valence-corrected chi connectivity index (χ0v) is 14.9. The maximum Gasteiger partial charge on any atom is 0.251 e. The van der Waals surface area contributed by atoms with E-state index < -0.39 is 6.43 Å². The summed E-state index contributed by atoms with van der Waals surface area (Å²) in [5, 5.41) is 6.65. The van der Waals surface area contributed by atoms with Crippen LogP contribution in [0.15, 0.2) is 12.1 Å². The molecule has 2 N–H and O–H groups in total. The summed E-state index contributed by atoms with van der Waals surface area (Å²) in [5.74, 6) is 1.06. The van der Waals surface area contributed by atoms with E-state index in [1.165, 1.54) is 12.0 Å². The van der Waals surface area contributed by atoms with Crippen molar-refractivity contribution in [2.24, 2.45) is 0 Å². The predicted molar refractivity (Wildman–Crippen MR) is 97.5 cm³/mol. The summed E-state index contributed by atoms with van der Waals surface area (Å²) >= 11 is 0. The number of aryl methyl sites for hydroxylation is 2. The molecule has 0 spiro atoms. The largest absolute Gasteiger partial charge is 0.370 e. The molecule has 2 aliphatic heterocycles. The molecule has 0 aliphatic carbocycles. The van der Waals surface area contributed by atoms with Crippen LogP contribution < -0.4 is 10.6 Å². The van der Waals surface area contributed by atoms with Crippen LogP contribution in [0, 0.1) is 0 Å². The van der Waals surface area contributed by atoms with Gasteiger partial charge >= 0.3 is 0 Å². The first kappa shape index (κ1) is 18.5. The maximum absolute atomic E-state index is 12.8. The zero-order valence-electron chi connectivity index (χ0n) is 14.9. The van der Waals surface area contributed by atoms with E-state index in [0.29, 0.717) is 0 Å². The Kier molecular flexibility index (Phi) is 6.99. The standard InChI is InChI=1S/C19H30F2N4/c20-18(21)14-25(17-9-11-22-13-17)12-3-1-2-6-16-8-7-15-5-4-10-23-19(15)24-16/h7-8,17-18,22H,1-6,9-14H2,(H,23,24)/t17-/m1/s1. The van der Waals surface area contributed by atoms with Crippen LogP contribution in [-0.4, -0.2) is 55.1 Å². The number of hydrogen-bond donors (Lipinski definition) is 2. The van der Waals surface area contributed by atoms with Gasteiger partial charge in [0.25, 0.3) is 6.43 Å². The van der Waals surface area contributed by atoms with Crippen molar-refractivity contribution in [3.63, 3.8) is 0 Å². The van der Waals surface area contributed by atoms with Crippen molar-refractivity contribution in [2.45, 2.75) is 57.4 Å². The number of aromatic nitrogens is 1. The highest BCUT2D eigenvalue weighted by molar-refractivity contribution is 5.46. The Balaban J connectivity index is 1.38. The lowest BCUT2D eigenvalue weighted by Crippen LogP contribution is -2.40. The van der Waals surface area contributed by atoms with Crippen LogP contribution in [0.3, 0.4) is 0 Å². The van der Waals surface area contributed by atoms with Crippen molar-refractivity contribution in [1.82, 2.24) is 15.2 Å². The van der Waals surface area contributed by atoms with Gasteiger partial charge in [-0.05, 0) is 63.2 Å². The number of halogens is 2. The lowest BCUT2D eigenvalue weighted by Gasteiger charge is -2.27. The molecule has 0 aromatic carbocycles. The van der Waals surface area contributed by atoms with E-state index in [4.69, 9.17) is 4.98 Å². The van der Waals surface area contributed by atoms with Crippen molar-refractivity contribution in [3.8, 4) is 0 Å². The Bertz CT molecular complexity index is 532. The summed E-state index contributed by atoms with van der Waals surface area (Å²) in [5.41, 5.74) is 2.46. The lowest BCUT2D eigenvalue weighted by atomic mass is 10.1. The fourth-order valence-electron chi connectivity index (χ4n) is 3.86. The van der Waals surface area contributed by atoms with Gasteiger partial charge in [-0.2, -0.15) is 0 Å². The summed E-state index contributed by atoms with van der Waals surface area (Å²) in [6.45, 7) is 3.49. The first-order valence-corrected chi connectivity index (χ1v) is 9.68. The number of pyridine rings is 1. The Labute approximate surface area is 149 Å². The number of fused-ring (bicyclic) bond motifs is 1. The molecule has 1 fully saturated rings. The van der Waals surface area contributed by atoms with Crippen molar-refractivity contribution < 1.29 is 8.78 Å². The van der Waals surface area contributed by atoms with Gasteiger partial charge in [0, 0.05) is 24.8 Å². The molecular weight excluding hydrogens is 322 g/mol. The van der Waals surface area contributed by atoms with Gasteiger partial charge in [-0.1, -0.05) is 12.5 Å². The number of hydrogen-bond acceptors (Lipinski definition) is 4. The Hall–Kier alpha value is -1.27. The molecule has 3 rings (SSSR count). The van der Waals surface area contributed by atoms with E-state index in [1.54, 1.807) is 0 Å².